The summed E-state index contributed by atoms with van der Waals surface area (Å²) in [4.78, 5) is 0. The molecule has 0 aromatic heterocycles. The fourth-order valence-corrected chi connectivity index (χ4v) is 2.87. The van der Waals surface area contributed by atoms with Crippen molar-refractivity contribution in [3.63, 3.8) is 0 Å². The van der Waals surface area contributed by atoms with Crippen molar-refractivity contribution in [2.45, 2.75) is 51.6 Å². The molecule has 1 aliphatic heterocycles. The van der Waals surface area contributed by atoms with Crippen LogP contribution in [0.4, 0.5) is 0 Å². The third-order valence-electron chi connectivity index (χ3n) is 3.40. The lowest BCUT2D eigenvalue weighted by atomic mass is 9.79. The summed E-state index contributed by atoms with van der Waals surface area (Å²) in [5, 5.41) is 3.68. The van der Waals surface area contributed by atoms with Crippen LogP contribution in [0.15, 0.2) is 0 Å². The third kappa shape index (κ3) is 1.44. The van der Waals surface area contributed by atoms with Gasteiger partial charge in [-0.25, -0.2) is 0 Å². The number of hydrogen-bond acceptors (Lipinski definition) is 1. The maximum atomic E-state index is 3.68. The minimum absolute atomic E-state index is 0.787. The zero-order valence-corrected chi connectivity index (χ0v) is 7.64. The zero-order chi connectivity index (χ0) is 7.84. The Kier molecular flexibility index (Phi) is 1.92. The third-order valence-corrected chi connectivity index (χ3v) is 3.40. The molecule has 2 aliphatic rings. The van der Waals surface area contributed by atoms with Crippen molar-refractivity contribution in [1.82, 2.24) is 5.32 Å². The van der Waals surface area contributed by atoms with Crippen LogP contribution in [0.25, 0.3) is 0 Å². The van der Waals surface area contributed by atoms with E-state index in [1.165, 1.54) is 25.7 Å². The lowest BCUT2D eigenvalue weighted by Crippen LogP contribution is -2.33. The van der Waals surface area contributed by atoms with Crippen LogP contribution in [0.2, 0.25) is 0 Å². The van der Waals surface area contributed by atoms with Gasteiger partial charge in [-0.15, -0.1) is 0 Å². The quantitative estimate of drug-likeness (QED) is 0.562. The first-order chi connectivity index (χ1) is 5.25. The molecule has 4 atom stereocenters. The van der Waals surface area contributed by atoms with Crippen molar-refractivity contribution in [3.8, 4) is 0 Å². The van der Waals surface area contributed by atoms with Gasteiger partial charge in [-0.1, -0.05) is 6.92 Å². The van der Waals surface area contributed by atoms with Gasteiger partial charge in [0.15, 0.2) is 0 Å². The Morgan fingerprint density at radius 3 is 2.73 bits per heavy atom. The highest BCUT2D eigenvalue weighted by molar-refractivity contribution is 4.92. The summed E-state index contributed by atoms with van der Waals surface area (Å²) in [5.74, 6) is 2.00. The van der Waals surface area contributed by atoms with E-state index >= 15 is 0 Å². The average Bonchev–Trinajstić information content (AvgIpc) is 2.27. The van der Waals surface area contributed by atoms with E-state index in [1.54, 1.807) is 0 Å². The monoisotopic (exact) mass is 153 g/mol. The lowest BCUT2D eigenvalue weighted by molar-refractivity contribution is 0.259. The van der Waals surface area contributed by atoms with Gasteiger partial charge in [0.25, 0.3) is 0 Å². The molecule has 1 nitrogen and oxygen atoms in total. The lowest BCUT2D eigenvalue weighted by Gasteiger charge is -2.29. The molecule has 2 rings (SSSR count). The Hall–Kier alpha value is -0.0400. The van der Waals surface area contributed by atoms with Gasteiger partial charge in [0, 0.05) is 12.1 Å². The molecular formula is C10H19N. The highest BCUT2D eigenvalue weighted by Crippen LogP contribution is 2.35. The molecule has 1 N–H and O–H groups in total. The highest BCUT2D eigenvalue weighted by atomic mass is 15.0. The molecule has 1 heteroatoms. The van der Waals surface area contributed by atoms with Crippen LogP contribution in [0.3, 0.4) is 0 Å². The molecule has 0 aromatic rings. The van der Waals surface area contributed by atoms with Gasteiger partial charge in [-0.2, -0.15) is 0 Å². The summed E-state index contributed by atoms with van der Waals surface area (Å²) in [6.07, 6.45) is 5.77. The molecule has 11 heavy (non-hydrogen) atoms. The van der Waals surface area contributed by atoms with Gasteiger partial charge in [0.05, 0.1) is 0 Å². The predicted octanol–water partition coefficient (Wildman–Crippen LogP) is 2.17. The summed E-state index contributed by atoms with van der Waals surface area (Å²) >= 11 is 0. The standard InChI is InChI=1S/C10H19N/c1-7-3-4-10-9(5-7)6-8(2)11-10/h7-11H,3-6H2,1-2H3/t7-,8+,9?,10?/m0/s1. The molecule has 1 aliphatic carbocycles. The molecule has 0 bridgehead atoms. The summed E-state index contributed by atoms with van der Waals surface area (Å²) in [7, 11) is 0. The van der Waals surface area contributed by atoms with Crippen molar-refractivity contribution in [1.29, 1.82) is 0 Å². The largest absolute Gasteiger partial charge is 0.311 e. The number of rotatable bonds is 0. The van der Waals surface area contributed by atoms with Crippen LogP contribution in [0.5, 0.6) is 0 Å². The Morgan fingerprint density at radius 1 is 1.09 bits per heavy atom. The Bertz CT molecular complexity index is 144. The Morgan fingerprint density at radius 2 is 1.91 bits per heavy atom. The molecule has 1 saturated heterocycles. The van der Waals surface area contributed by atoms with Crippen molar-refractivity contribution in [3.05, 3.63) is 0 Å². The second kappa shape index (κ2) is 2.78. The van der Waals surface area contributed by atoms with Crippen molar-refractivity contribution >= 4 is 0 Å². The smallest absolute Gasteiger partial charge is 0.00985 e. The minimum atomic E-state index is 0.787. The molecule has 2 fully saturated rings. The van der Waals surface area contributed by atoms with Crippen LogP contribution < -0.4 is 5.32 Å². The van der Waals surface area contributed by atoms with Crippen LogP contribution in [0.1, 0.15) is 39.5 Å². The van der Waals surface area contributed by atoms with Gasteiger partial charge < -0.3 is 5.32 Å². The number of nitrogens with one attached hydrogen (secondary N) is 1. The molecule has 1 saturated carbocycles. The summed E-state index contributed by atoms with van der Waals surface area (Å²) < 4.78 is 0. The van der Waals surface area contributed by atoms with Crippen LogP contribution in [-0.4, -0.2) is 12.1 Å². The molecule has 64 valence electrons. The molecule has 0 aromatic carbocycles. The summed E-state index contributed by atoms with van der Waals surface area (Å²) in [5.41, 5.74) is 0. The average molecular weight is 153 g/mol. The molecule has 0 spiro atoms. The minimum Gasteiger partial charge on any atom is -0.311 e. The van der Waals surface area contributed by atoms with Crippen LogP contribution in [-0.2, 0) is 0 Å². The predicted molar refractivity (Wildman–Crippen MR) is 47.5 cm³/mol. The van der Waals surface area contributed by atoms with E-state index in [9.17, 15) is 0 Å². The maximum absolute atomic E-state index is 3.68. The van der Waals surface area contributed by atoms with Crippen LogP contribution in [0, 0.1) is 11.8 Å². The fraction of sp³-hybridized carbons (Fsp3) is 1.00. The first-order valence-corrected chi connectivity index (χ1v) is 5.01. The van der Waals surface area contributed by atoms with Gasteiger partial charge in [-0.3, -0.25) is 0 Å². The van der Waals surface area contributed by atoms with E-state index in [0.29, 0.717) is 0 Å². The van der Waals surface area contributed by atoms with Gasteiger partial charge in [-0.05, 0) is 44.4 Å². The maximum Gasteiger partial charge on any atom is 0.00985 e. The Balaban J connectivity index is 1.97. The van der Waals surface area contributed by atoms with Gasteiger partial charge in [0.1, 0.15) is 0 Å². The van der Waals surface area contributed by atoms with Crippen molar-refractivity contribution < 1.29 is 0 Å². The second-order valence-corrected chi connectivity index (χ2v) is 4.59. The number of fused-ring (bicyclic) bond motifs is 1. The van der Waals surface area contributed by atoms with E-state index in [-0.39, 0.29) is 0 Å². The van der Waals surface area contributed by atoms with Crippen molar-refractivity contribution in [2.75, 3.05) is 0 Å². The second-order valence-electron chi connectivity index (χ2n) is 4.59. The molecule has 0 amide bonds. The number of hydrogen-bond donors (Lipinski definition) is 1. The van der Waals surface area contributed by atoms with Crippen LogP contribution >= 0.6 is 0 Å². The van der Waals surface area contributed by atoms with E-state index in [4.69, 9.17) is 0 Å². The molecule has 0 radical (unpaired) electrons. The van der Waals surface area contributed by atoms with Gasteiger partial charge >= 0.3 is 0 Å². The molecular weight excluding hydrogens is 134 g/mol. The van der Waals surface area contributed by atoms with E-state index in [0.717, 1.165) is 23.9 Å². The highest BCUT2D eigenvalue weighted by Gasteiger charge is 2.34. The van der Waals surface area contributed by atoms with E-state index in [2.05, 4.69) is 19.2 Å². The Labute approximate surface area is 69.6 Å². The fourth-order valence-electron chi connectivity index (χ4n) is 2.87. The van der Waals surface area contributed by atoms with Crippen molar-refractivity contribution in [2.24, 2.45) is 11.8 Å². The SMILES string of the molecule is C[C@H]1CCC2N[C@H](C)CC2C1. The first kappa shape index (κ1) is 7.60. The summed E-state index contributed by atoms with van der Waals surface area (Å²) in [6, 6.07) is 1.66. The van der Waals surface area contributed by atoms with Gasteiger partial charge in [0.2, 0.25) is 0 Å². The topological polar surface area (TPSA) is 12.0 Å². The van der Waals surface area contributed by atoms with E-state index in [1.807, 2.05) is 0 Å². The first-order valence-electron chi connectivity index (χ1n) is 5.01. The molecule has 2 unspecified atom stereocenters. The summed E-state index contributed by atoms with van der Waals surface area (Å²) in [6.45, 7) is 4.72. The van der Waals surface area contributed by atoms with E-state index < -0.39 is 0 Å². The zero-order valence-electron chi connectivity index (χ0n) is 7.64. The molecule has 1 heterocycles. The normalized spacial score (nSPS) is 50.7.